The maximum Gasteiger partial charge on any atom is 0.134 e. The standard InChI is InChI=1S/C13H20N2/c1-5-10-9-7-6-8-11(9)15-12(14-10)13(2,3)4/h5-8H2,1-4H3. The summed E-state index contributed by atoms with van der Waals surface area (Å²) in [5, 5.41) is 0. The fourth-order valence-corrected chi connectivity index (χ4v) is 2.14. The molecule has 0 fully saturated rings. The zero-order chi connectivity index (χ0) is 11.1. The van der Waals surface area contributed by atoms with E-state index in [1.165, 1.54) is 29.8 Å². The average Bonchev–Trinajstić information content (AvgIpc) is 2.62. The van der Waals surface area contributed by atoms with E-state index in [1.807, 2.05) is 0 Å². The van der Waals surface area contributed by atoms with Crippen molar-refractivity contribution >= 4 is 0 Å². The van der Waals surface area contributed by atoms with E-state index in [0.29, 0.717) is 0 Å². The van der Waals surface area contributed by atoms with Gasteiger partial charge in [0, 0.05) is 16.8 Å². The van der Waals surface area contributed by atoms with Crippen LogP contribution in [0.2, 0.25) is 0 Å². The summed E-state index contributed by atoms with van der Waals surface area (Å²) in [6.45, 7) is 8.74. The smallest absolute Gasteiger partial charge is 0.134 e. The van der Waals surface area contributed by atoms with E-state index in [4.69, 9.17) is 9.97 Å². The summed E-state index contributed by atoms with van der Waals surface area (Å²) in [6.07, 6.45) is 4.62. The largest absolute Gasteiger partial charge is 0.237 e. The fourth-order valence-electron chi connectivity index (χ4n) is 2.14. The summed E-state index contributed by atoms with van der Waals surface area (Å²) in [5.41, 5.74) is 4.10. The minimum absolute atomic E-state index is 0.0710. The van der Waals surface area contributed by atoms with Crippen LogP contribution in [-0.4, -0.2) is 9.97 Å². The number of hydrogen-bond acceptors (Lipinski definition) is 2. The van der Waals surface area contributed by atoms with Crippen LogP contribution >= 0.6 is 0 Å². The maximum absolute atomic E-state index is 4.72. The summed E-state index contributed by atoms with van der Waals surface area (Å²) < 4.78 is 0. The number of hydrogen-bond donors (Lipinski definition) is 0. The first-order chi connectivity index (χ1) is 7.02. The predicted molar refractivity (Wildman–Crippen MR) is 62.1 cm³/mol. The van der Waals surface area contributed by atoms with Crippen LogP contribution < -0.4 is 0 Å². The van der Waals surface area contributed by atoms with Gasteiger partial charge in [-0.25, -0.2) is 9.97 Å². The molecule has 0 bridgehead atoms. The van der Waals surface area contributed by atoms with Gasteiger partial charge in [-0.15, -0.1) is 0 Å². The van der Waals surface area contributed by atoms with Crippen LogP contribution in [-0.2, 0) is 24.7 Å². The zero-order valence-electron chi connectivity index (χ0n) is 10.2. The minimum Gasteiger partial charge on any atom is -0.237 e. The number of fused-ring (bicyclic) bond motifs is 1. The second-order valence-electron chi connectivity index (χ2n) is 5.38. The van der Waals surface area contributed by atoms with Gasteiger partial charge in [-0.1, -0.05) is 27.7 Å². The Kier molecular flexibility index (Phi) is 2.53. The van der Waals surface area contributed by atoms with E-state index in [-0.39, 0.29) is 5.41 Å². The van der Waals surface area contributed by atoms with Crippen LogP contribution in [0.5, 0.6) is 0 Å². The normalized spacial score (nSPS) is 15.5. The second-order valence-corrected chi connectivity index (χ2v) is 5.38. The van der Waals surface area contributed by atoms with Crippen molar-refractivity contribution in [2.45, 2.75) is 58.8 Å². The first-order valence-corrected chi connectivity index (χ1v) is 5.91. The molecule has 1 heterocycles. The van der Waals surface area contributed by atoms with Crippen LogP contribution in [0.4, 0.5) is 0 Å². The van der Waals surface area contributed by atoms with E-state index in [1.54, 1.807) is 0 Å². The van der Waals surface area contributed by atoms with Crippen molar-refractivity contribution in [3.05, 3.63) is 22.8 Å². The number of rotatable bonds is 1. The van der Waals surface area contributed by atoms with E-state index in [9.17, 15) is 0 Å². The fraction of sp³-hybridized carbons (Fsp3) is 0.692. The van der Waals surface area contributed by atoms with E-state index in [0.717, 1.165) is 18.7 Å². The molecular weight excluding hydrogens is 184 g/mol. The molecule has 0 aromatic carbocycles. The van der Waals surface area contributed by atoms with E-state index in [2.05, 4.69) is 27.7 Å². The van der Waals surface area contributed by atoms with Crippen LogP contribution in [0.1, 0.15) is 56.9 Å². The Balaban J connectivity index is 2.53. The van der Waals surface area contributed by atoms with Gasteiger partial charge in [0.25, 0.3) is 0 Å². The molecule has 0 saturated carbocycles. The molecule has 1 aromatic rings. The number of nitrogens with zero attached hydrogens (tertiary/aromatic N) is 2. The zero-order valence-corrected chi connectivity index (χ0v) is 10.2. The Bertz CT molecular complexity index is 375. The van der Waals surface area contributed by atoms with Crippen LogP contribution in [0.25, 0.3) is 0 Å². The van der Waals surface area contributed by atoms with Crippen molar-refractivity contribution < 1.29 is 0 Å². The Morgan fingerprint density at radius 3 is 2.47 bits per heavy atom. The lowest BCUT2D eigenvalue weighted by Gasteiger charge is -2.19. The SMILES string of the molecule is CCc1nc(C(C)(C)C)nc2c1CCC2. The maximum atomic E-state index is 4.72. The monoisotopic (exact) mass is 204 g/mol. The summed E-state index contributed by atoms with van der Waals surface area (Å²) in [7, 11) is 0. The van der Waals surface area contributed by atoms with Gasteiger partial charge in [0.05, 0.1) is 0 Å². The van der Waals surface area contributed by atoms with E-state index >= 15 is 0 Å². The van der Waals surface area contributed by atoms with Gasteiger partial charge in [-0.2, -0.15) is 0 Å². The first kappa shape index (κ1) is 10.6. The van der Waals surface area contributed by atoms with Crippen molar-refractivity contribution in [2.75, 3.05) is 0 Å². The highest BCUT2D eigenvalue weighted by Crippen LogP contribution is 2.27. The summed E-state index contributed by atoms with van der Waals surface area (Å²) >= 11 is 0. The van der Waals surface area contributed by atoms with Gasteiger partial charge in [-0.3, -0.25) is 0 Å². The molecule has 0 saturated heterocycles. The Labute approximate surface area is 92.1 Å². The van der Waals surface area contributed by atoms with Crippen molar-refractivity contribution in [2.24, 2.45) is 0 Å². The van der Waals surface area contributed by atoms with Crippen molar-refractivity contribution in [1.29, 1.82) is 0 Å². The van der Waals surface area contributed by atoms with Crippen molar-refractivity contribution in [3.63, 3.8) is 0 Å². The summed E-state index contributed by atoms with van der Waals surface area (Å²) in [5.74, 6) is 1.01. The average molecular weight is 204 g/mol. The van der Waals surface area contributed by atoms with Gasteiger partial charge < -0.3 is 0 Å². The Hall–Kier alpha value is -0.920. The van der Waals surface area contributed by atoms with Gasteiger partial charge >= 0.3 is 0 Å². The molecule has 0 aliphatic heterocycles. The molecule has 0 N–H and O–H groups in total. The molecule has 82 valence electrons. The molecule has 0 spiro atoms. The summed E-state index contributed by atoms with van der Waals surface area (Å²) in [4.78, 5) is 9.45. The molecular formula is C13H20N2. The molecule has 0 unspecified atom stereocenters. The molecule has 0 radical (unpaired) electrons. The van der Waals surface area contributed by atoms with Crippen LogP contribution in [0.3, 0.4) is 0 Å². The first-order valence-electron chi connectivity index (χ1n) is 5.91. The highest BCUT2D eigenvalue weighted by Gasteiger charge is 2.23. The molecule has 1 aliphatic rings. The third-order valence-corrected chi connectivity index (χ3v) is 3.02. The quantitative estimate of drug-likeness (QED) is 0.703. The van der Waals surface area contributed by atoms with Crippen LogP contribution in [0, 0.1) is 0 Å². The molecule has 1 aromatic heterocycles. The second kappa shape index (κ2) is 3.58. The Morgan fingerprint density at radius 1 is 1.13 bits per heavy atom. The molecule has 0 amide bonds. The lowest BCUT2D eigenvalue weighted by Crippen LogP contribution is -2.18. The molecule has 2 rings (SSSR count). The molecule has 2 heteroatoms. The topological polar surface area (TPSA) is 25.8 Å². The van der Waals surface area contributed by atoms with Crippen molar-refractivity contribution in [1.82, 2.24) is 9.97 Å². The molecule has 0 atom stereocenters. The highest BCUT2D eigenvalue weighted by atomic mass is 14.9. The summed E-state index contributed by atoms with van der Waals surface area (Å²) in [6, 6.07) is 0. The van der Waals surface area contributed by atoms with Crippen molar-refractivity contribution in [3.8, 4) is 0 Å². The van der Waals surface area contributed by atoms with Gasteiger partial charge in [0.15, 0.2) is 0 Å². The van der Waals surface area contributed by atoms with Gasteiger partial charge in [0.2, 0.25) is 0 Å². The third kappa shape index (κ3) is 1.90. The van der Waals surface area contributed by atoms with Gasteiger partial charge in [0.1, 0.15) is 5.82 Å². The lowest BCUT2D eigenvalue weighted by molar-refractivity contribution is 0.538. The lowest BCUT2D eigenvalue weighted by atomic mass is 9.95. The minimum atomic E-state index is 0.0710. The third-order valence-electron chi connectivity index (χ3n) is 3.02. The predicted octanol–water partition coefficient (Wildman–Crippen LogP) is 2.83. The molecule has 15 heavy (non-hydrogen) atoms. The van der Waals surface area contributed by atoms with E-state index < -0.39 is 0 Å². The highest BCUT2D eigenvalue weighted by molar-refractivity contribution is 5.31. The number of aryl methyl sites for hydroxylation is 2. The van der Waals surface area contributed by atoms with Crippen LogP contribution in [0.15, 0.2) is 0 Å². The number of aromatic nitrogens is 2. The van der Waals surface area contributed by atoms with Gasteiger partial charge in [-0.05, 0) is 31.2 Å². The Morgan fingerprint density at radius 2 is 1.87 bits per heavy atom. The molecule has 2 nitrogen and oxygen atoms in total. The molecule has 1 aliphatic carbocycles.